The summed E-state index contributed by atoms with van der Waals surface area (Å²) in [5.74, 6) is 0.129. The number of aromatic nitrogens is 1. The number of nitrogens with one attached hydrogen (secondary N) is 1. The van der Waals surface area contributed by atoms with Crippen molar-refractivity contribution in [2.75, 3.05) is 18.4 Å². The first-order valence-corrected chi connectivity index (χ1v) is 10.7. The quantitative estimate of drug-likeness (QED) is 0.837. The van der Waals surface area contributed by atoms with Gasteiger partial charge in [0.25, 0.3) is 5.91 Å². The highest BCUT2D eigenvalue weighted by molar-refractivity contribution is 7.89. The standard InChI is InChI=1S/C19H24ClN3O3S/c1-13-6-8-23(9-7-13)27(25,26)15-11-18(22(3)12-15)19(24)21-17-5-4-14(2)10-16(17)20/h4-5,10-13H,6-9H2,1-3H3,(H,21,24). The second kappa shape index (κ2) is 7.66. The fourth-order valence-electron chi connectivity index (χ4n) is 3.18. The zero-order valence-corrected chi connectivity index (χ0v) is 17.3. The average molecular weight is 410 g/mol. The van der Waals surface area contributed by atoms with Crippen LogP contribution < -0.4 is 5.32 Å². The topological polar surface area (TPSA) is 71.4 Å². The Morgan fingerprint density at radius 3 is 2.52 bits per heavy atom. The van der Waals surface area contributed by atoms with Gasteiger partial charge >= 0.3 is 0 Å². The normalized spacial score (nSPS) is 16.4. The van der Waals surface area contributed by atoms with E-state index in [0.29, 0.717) is 29.7 Å². The molecule has 1 fully saturated rings. The van der Waals surface area contributed by atoms with E-state index >= 15 is 0 Å². The van der Waals surface area contributed by atoms with Crippen molar-refractivity contribution < 1.29 is 13.2 Å². The SMILES string of the molecule is Cc1ccc(NC(=O)c2cc(S(=O)(=O)N3CCC(C)CC3)cn2C)c(Cl)c1. The van der Waals surface area contributed by atoms with Crippen LogP contribution in [0, 0.1) is 12.8 Å². The zero-order chi connectivity index (χ0) is 19.8. The third-order valence-corrected chi connectivity index (χ3v) is 7.14. The number of amides is 1. The first-order chi connectivity index (χ1) is 12.7. The molecule has 1 aliphatic heterocycles. The Hall–Kier alpha value is -1.83. The Morgan fingerprint density at radius 2 is 1.89 bits per heavy atom. The first-order valence-electron chi connectivity index (χ1n) is 8.92. The molecule has 0 saturated carbocycles. The van der Waals surface area contributed by atoms with Gasteiger partial charge < -0.3 is 9.88 Å². The van der Waals surface area contributed by atoms with Gasteiger partial charge in [-0.15, -0.1) is 0 Å². The predicted molar refractivity (Wildman–Crippen MR) is 107 cm³/mol. The molecule has 2 aromatic rings. The maximum atomic E-state index is 12.9. The van der Waals surface area contributed by atoms with Gasteiger partial charge in [0.15, 0.2) is 0 Å². The number of sulfonamides is 1. The Labute approximate surface area is 165 Å². The minimum Gasteiger partial charge on any atom is -0.345 e. The number of nitrogens with zero attached hydrogens (tertiary/aromatic N) is 2. The van der Waals surface area contributed by atoms with Crippen LogP contribution in [0.25, 0.3) is 0 Å². The van der Waals surface area contributed by atoms with Crippen molar-refractivity contribution in [3.8, 4) is 0 Å². The summed E-state index contributed by atoms with van der Waals surface area (Å²) in [4.78, 5) is 12.8. The second-order valence-corrected chi connectivity index (χ2v) is 9.54. The van der Waals surface area contributed by atoms with Crippen LogP contribution in [0.2, 0.25) is 5.02 Å². The Bertz CT molecular complexity index is 961. The molecular formula is C19H24ClN3O3S. The molecule has 1 amide bonds. The van der Waals surface area contributed by atoms with Crippen molar-refractivity contribution >= 4 is 33.2 Å². The molecule has 27 heavy (non-hydrogen) atoms. The van der Waals surface area contributed by atoms with E-state index in [1.807, 2.05) is 13.0 Å². The summed E-state index contributed by atoms with van der Waals surface area (Å²) in [6.45, 7) is 5.07. The van der Waals surface area contributed by atoms with E-state index in [9.17, 15) is 13.2 Å². The summed E-state index contributed by atoms with van der Waals surface area (Å²) in [5.41, 5.74) is 1.74. The third kappa shape index (κ3) is 4.20. The fraction of sp³-hybridized carbons (Fsp3) is 0.421. The number of hydrogen-bond donors (Lipinski definition) is 1. The van der Waals surface area contributed by atoms with Gasteiger partial charge in [0.1, 0.15) is 10.6 Å². The number of rotatable bonds is 4. The van der Waals surface area contributed by atoms with E-state index in [-0.39, 0.29) is 10.6 Å². The smallest absolute Gasteiger partial charge is 0.272 e. The van der Waals surface area contributed by atoms with Crippen molar-refractivity contribution in [1.82, 2.24) is 8.87 Å². The second-order valence-electron chi connectivity index (χ2n) is 7.20. The molecule has 146 valence electrons. The lowest BCUT2D eigenvalue weighted by molar-refractivity contribution is 0.101. The van der Waals surface area contributed by atoms with Crippen LogP contribution in [0.3, 0.4) is 0 Å². The number of anilines is 1. The molecule has 1 aromatic carbocycles. The van der Waals surface area contributed by atoms with Gasteiger partial charge in [-0.25, -0.2) is 8.42 Å². The van der Waals surface area contributed by atoms with Crippen molar-refractivity contribution in [1.29, 1.82) is 0 Å². The van der Waals surface area contributed by atoms with Crippen molar-refractivity contribution in [3.63, 3.8) is 0 Å². The van der Waals surface area contributed by atoms with Crippen molar-refractivity contribution in [3.05, 3.63) is 46.7 Å². The molecule has 1 aliphatic rings. The lowest BCUT2D eigenvalue weighted by Gasteiger charge is -2.29. The number of aryl methyl sites for hydroxylation is 2. The molecule has 1 saturated heterocycles. The molecule has 3 rings (SSSR count). The molecule has 0 radical (unpaired) electrons. The summed E-state index contributed by atoms with van der Waals surface area (Å²) < 4.78 is 28.8. The van der Waals surface area contributed by atoms with Gasteiger partial charge in [0, 0.05) is 26.3 Å². The summed E-state index contributed by atoms with van der Waals surface area (Å²) in [5, 5.41) is 3.18. The molecule has 1 aromatic heterocycles. The minimum absolute atomic E-state index is 0.139. The van der Waals surface area contributed by atoms with Crippen molar-refractivity contribution in [2.24, 2.45) is 13.0 Å². The Kier molecular flexibility index (Phi) is 5.65. The molecule has 8 heteroatoms. The van der Waals surface area contributed by atoms with E-state index in [0.717, 1.165) is 18.4 Å². The van der Waals surface area contributed by atoms with E-state index in [1.54, 1.807) is 19.2 Å². The first kappa shape index (κ1) is 19.9. The summed E-state index contributed by atoms with van der Waals surface area (Å²) >= 11 is 6.17. The maximum absolute atomic E-state index is 12.9. The number of carbonyl (C=O) groups is 1. The van der Waals surface area contributed by atoms with Gasteiger partial charge in [0.2, 0.25) is 10.0 Å². The highest BCUT2D eigenvalue weighted by atomic mass is 35.5. The highest BCUT2D eigenvalue weighted by Gasteiger charge is 2.30. The number of carbonyl (C=O) groups excluding carboxylic acids is 1. The van der Waals surface area contributed by atoms with Gasteiger partial charge in [0.05, 0.1) is 10.7 Å². The lowest BCUT2D eigenvalue weighted by Crippen LogP contribution is -2.37. The van der Waals surface area contributed by atoms with Gasteiger partial charge in [-0.1, -0.05) is 24.6 Å². The third-order valence-electron chi connectivity index (χ3n) is 4.97. The van der Waals surface area contributed by atoms with E-state index in [2.05, 4.69) is 12.2 Å². The molecule has 6 nitrogen and oxygen atoms in total. The fourth-order valence-corrected chi connectivity index (χ4v) is 5.01. The maximum Gasteiger partial charge on any atom is 0.272 e. The molecule has 0 bridgehead atoms. The number of halogens is 1. The Morgan fingerprint density at radius 1 is 1.22 bits per heavy atom. The van der Waals surface area contributed by atoms with Gasteiger partial charge in [-0.3, -0.25) is 4.79 Å². The predicted octanol–water partition coefficient (Wildman–Crippen LogP) is 3.66. The van der Waals surface area contributed by atoms with Crippen LogP contribution in [0.4, 0.5) is 5.69 Å². The monoisotopic (exact) mass is 409 g/mol. The van der Waals surface area contributed by atoms with E-state index < -0.39 is 15.9 Å². The molecule has 0 aliphatic carbocycles. The minimum atomic E-state index is -3.60. The largest absolute Gasteiger partial charge is 0.345 e. The van der Waals surface area contributed by atoms with E-state index in [4.69, 9.17) is 11.6 Å². The van der Waals surface area contributed by atoms with Crippen LogP contribution in [-0.4, -0.2) is 36.3 Å². The number of benzene rings is 1. The van der Waals surface area contributed by atoms with Crippen LogP contribution in [-0.2, 0) is 17.1 Å². The van der Waals surface area contributed by atoms with Gasteiger partial charge in [-0.05, 0) is 49.4 Å². The van der Waals surface area contributed by atoms with Crippen LogP contribution in [0.15, 0.2) is 35.4 Å². The Balaban J connectivity index is 1.82. The van der Waals surface area contributed by atoms with Crippen LogP contribution >= 0.6 is 11.6 Å². The average Bonchev–Trinajstić information content (AvgIpc) is 3.00. The molecule has 1 N–H and O–H groups in total. The van der Waals surface area contributed by atoms with Crippen LogP contribution in [0.1, 0.15) is 35.8 Å². The highest BCUT2D eigenvalue weighted by Crippen LogP contribution is 2.26. The lowest BCUT2D eigenvalue weighted by atomic mass is 10.0. The molecule has 2 heterocycles. The van der Waals surface area contributed by atoms with Crippen LogP contribution in [0.5, 0.6) is 0 Å². The zero-order valence-electron chi connectivity index (χ0n) is 15.7. The molecule has 0 spiro atoms. The summed E-state index contributed by atoms with van der Waals surface area (Å²) in [6, 6.07) is 6.75. The number of hydrogen-bond acceptors (Lipinski definition) is 3. The van der Waals surface area contributed by atoms with E-state index in [1.165, 1.54) is 21.1 Å². The molecule has 0 unspecified atom stereocenters. The molecule has 0 atom stereocenters. The summed E-state index contributed by atoms with van der Waals surface area (Å²) in [7, 11) is -1.95. The van der Waals surface area contributed by atoms with Crippen molar-refractivity contribution in [2.45, 2.75) is 31.6 Å². The molecular weight excluding hydrogens is 386 g/mol. The number of piperidine rings is 1. The van der Waals surface area contributed by atoms with Gasteiger partial charge in [-0.2, -0.15) is 4.31 Å². The summed E-state index contributed by atoms with van der Waals surface area (Å²) in [6.07, 6.45) is 3.19.